The SMILES string of the molecule is N#CCCCCOCCCCCCCCOCCCCCl. The molecule has 0 aromatic heterocycles. The van der Waals surface area contributed by atoms with E-state index in [1.165, 1.54) is 32.1 Å². The molecule has 0 rings (SSSR count). The molecule has 0 atom stereocenters. The second kappa shape index (κ2) is 19.7. The maximum absolute atomic E-state index is 8.39. The van der Waals surface area contributed by atoms with Crippen molar-refractivity contribution in [2.45, 2.75) is 70.6 Å². The van der Waals surface area contributed by atoms with Crippen LogP contribution < -0.4 is 0 Å². The van der Waals surface area contributed by atoms with Crippen LogP contribution in [0, 0.1) is 11.3 Å². The number of halogens is 1. The van der Waals surface area contributed by atoms with Gasteiger partial charge >= 0.3 is 0 Å². The first kappa shape index (κ1) is 20.7. The first-order valence-corrected chi connectivity index (χ1v) is 9.03. The minimum atomic E-state index is 0.653. The molecule has 4 heteroatoms. The average Bonchev–Trinajstić information content (AvgIpc) is 2.50. The van der Waals surface area contributed by atoms with Gasteiger partial charge in [0.2, 0.25) is 0 Å². The van der Waals surface area contributed by atoms with E-state index in [1.54, 1.807) is 0 Å². The lowest BCUT2D eigenvalue weighted by Gasteiger charge is -2.05. The lowest BCUT2D eigenvalue weighted by molar-refractivity contribution is 0.124. The first-order chi connectivity index (χ1) is 10.4. The highest BCUT2D eigenvalue weighted by atomic mass is 35.5. The van der Waals surface area contributed by atoms with Crippen molar-refractivity contribution in [3.05, 3.63) is 0 Å². The Morgan fingerprint density at radius 2 is 1.05 bits per heavy atom. The number of rotatable bonds is 17. The quantitative estimate of drug-likeness (QED) is 0.278. The summed E-state index contributed by atoms with van der Waals surface area (Å²) in [5.74, 6) is 0.743. The number of ether oxygens (including phenoxy) is 2. The molecule has 21 heavy (non-hydrogen) atoms. The largest absolute Gasteiger partial charge is 0.381 e. The summed E-state index contributed by atoms with van der Waals surface area (Å²) in [7, 11) is 0. The molecule has 0 aromatic rings. The summed E-state index contributed by atoms with van der Waals surface area (Å²) in [5, 5.41) is 8.39. The molecular formula is C17H32ClNO2. The van der Waals surface area contributed by atoms with Crippen molar-refractivity contribution in [2.24, 2.45) is 0 Å². The topological polar surface area (TPSA) is 42.2 Å². The first-order valence-electron chi connectivity index (χ1n) is 8.50. The van der Waals surface area contributed by atoms with Gasteiger partial charge in [0.05, 0.1) is 6.07 Å². The molecule has 0 heterocycles. The second-order valence-electron chi connectivity index (χ2n) is 5.36. The summed E-state index contributed by atoms with van der Waals surface area (Å²) in [4.78, 5) is 0. The molecule has 0 aliphatic heterocycles. The fraction of sp³-hybridized carbons (Fsp3) is 0.941. The molecule has 124 valence electrons. The van der Waals surface area contributed by atoms with Gasteiger partial charge in [-0.15, -0.1) is 11.6 Å². The summed E-state index contributed by atoms with van der Waals surface area (Å²) in [6.07, 6.45) is 12.2. The van der Waals surface area contributed by atoms with Crippen LogP contribution in [0.4, 0.5) is 0 Å². The number of unbranched alkanes of at least 4 members (excludes halogenated alkanes) is 8. The van der Waals surface area contributed by atoms with E-state index in [1.807, 2.05) is 0 Å². The number of nitrogens with zero attached hydrogens (tertiary/aromatic N) is 1. The molecule has 0 amide bonds. The summed E-state index contributed by atoms with van der Waals surface area (Å²) in [6, 6.07) is 2.15. The third-order valence-corrected chi connectivity index (χ3v) is 3.59. The van der Waals surface area contributed by atoms with E-state index >= 15 is 0 Å². The fourth-order valence-corrected chi connectivity index (χ4v) is 2.22. The van der Waals surface area contributed by atoms with Gasteiger partial charge in [-0.1, -0.05) is 25.7 Å². The normalized spacial score (nSPS) is 10.7. The van der Waals surface area contributed by atoms with E-state index < -0.39 is 0 Å². The van der Waals surface area contributed by atoms with E-state index in [0.29, 0.717) is 6.42 Å². The van der Waals surface area contributed by atoms with Gasteiger partial charge in [0.25, 0.3) is 0 Å². The lowest BCUT2D eigenvalue weighted by atomic mass is 10.1. The molecule has 0 aliphatic carbocycles. The van der Waals surface area contributed by atoms with Gasteiger partial charge in [-0.2, -0.15) is 5.26 Å². The Kier molecular flexibility index (Phi) is 19.4. The maximum Gasteiger partial charge on any atom is 0.0621 e. The highest BCUT2D eigenvalue weighted by molar-refractivity contribution is 6.17. The standard InChI is InChI=1S/C17H32ClNO2/c18-12-6-11-17-21-15-9-4-2-1-3-8-14-20-16-10-5-7-13-19/h1-12,14-17H2. The van der Waals surface area contributed by atoms with Gasteiger partial charge in [-0.25, -0.2) is 0 Å². The van der Waals surface area contributed by atoms with Crippen molar-refractivity contribution in [3.63, 3.8) is 0 Å². The van der Waals surface area contributed by atoms with Crippen LogP contribution in [-0.2, 0) is 9.47 Å². The molecule has 0 aliphatic rings. The number of hydrogen-bond acceptors (Lipinski definition) is 3. The van der Waals surface area contributed by atoms with E-state index in [9.17, 15) is 0 Å². The minimum absolute atomic E-state index is 0.653. The van der Waals surface area contributed by atoms with Crippen molar-refractivity contribution in [1.82, 2.24) is 0 Å². The molecule has 0 fully saturated rings. The fourth-order valence-electron chi connectivity index (χ4n) is 2.03. The zero-order valence-corrected chi connectivity index (χ0v) is 14.2. The molecular weight excluding hydrogens is 286 g/mol. The second-order valence-corrected chi connectivity index (χ2v) is 5.74. The van der Waals surface area contributed by atoms with Crippen LogP contribution in [-0.4, -0.2) is 32.3 Å². The summed E-state index contributed by atoms with van der Waals surface area (Å²) in [6.45, 7) is 3.44. The molecule has 0 bridgehead atoms. The molecule has 0 radical (unpaired) electrons. The van der Waals surface area contributed by atoms with Crippen molar-refractivity contribution < 1.29 is 9.47 Å². The minimum Gasteiger partial charge on any atom is -0.381 e. The van der Waals surface area contributed by atoms with Crippen molar-refractivity contribution in [1.29, 1.82) is 5.26 Å². The van der Waals surface area contributed by atoms with Crippen LogP contribution in [0.15, 0.2) is 0 Å². The molecule has 0 spiro atoms. The Labute approximate surface area is 136 Å². The predicted molar refractivity (Wildman–Crippen MR) is 88.8 cm³/mol. The Morgan fingerprint density at radius 3 is 1.52 bits per heavy atom. The van der Waals surface area contributed by atoms with E-state index in [0.717, 1.165) is 64.4 Å². The highest BCUT2D eigenvalue weighted by Crippen LogP contribution is 2.06. The van der Waals surface area contributed by atoms with Crippen LogP contribution in [0.3, 0.4) is 0 Å². The van der Waals surface area contributed by atoms with E-state index in [4.69, 9.17) is 26.3 Å². The maximum atomic E-state index is 8.39. The van der Waals surface area contributed by atoms with Gasteiger partial charge in [-0.3, -0.25) is 0 Å². The van der Waals surface area contributed by atoms with E-state index in [2.05, 4.69) is 6.07 Å². The smallest absolute Gasteiger partial charge is 0.0621 e. The number of nitriles is 1. The summed E-state index contributed by atoms with van der Waals surface area (Å²) in [5.41, 5.74) is 0. The van der Waals surface area contributed by atoms with Crippen molar-refractivity contribution in [3.8, 4) is 6.07 Å². The number of alkyl halides is 1. The monoisotopic (exact) mass is 317 g/mol. The summed E-state index contributed by atoms with van der Waals surface area (Å²) >= 11 is 5.60. The molecule has 0 saturated heterocycles. The molecule has 0 saturated carbocycles. The zero-order chi connectivity index (χ0) is 15.4. The van der Waals surface area contributed by atoms with Crippen LogP contribution in [0.1, 0.15) is 70.6 Å². The van der Waals surface area contributed by atoms with Gasteiger partial charge in [-0.05, 0) is 38.5 Å². The Morgan fingerprint density at radius 1 is 0.619 bits per heavy atom. The highest BCUT2D eigenvalue weighted by Gasteiger charge is 1.94. The van der Waals surface area contributed by atoms with Gasteiger partial charge in [0.15, 0.2) is 0 Å². The predicted octanol–water partition coefficient (Wildman–Crippen LogP) is 5.07. The van der Waals surface area contributed by atoms with Crippen LogP contribution in [0.5, 0.6) is 0 Å². The lowest BCUT2D eigenvalue weighted by Crippen LogP contribution is -1.98. The average molecular weight is 318 g/mol. The van der Waals surface area contributed by atoms with Gasteiger partial charge in [0, 0.05) is 38.7 Å². The Bertz CT molecular complexity index is 231. The number of hydrogen-bond donors (Lipinski definition) is 0. The van der Waals surface area contributed by atoms with Gasteiger partial charge in [0.1, 0.15) is 0 Å². The summed E-state index contributed by atoms with van der Waals surface area (Å²) < 4.78 is 11.1. The van der Waals surface area contributed by atoms with Crippen molar-refractivity contribution >= 4 is 11.6 Å². The third-order valence-electron chi connectivity index (χ3n) is 3.33. The molecule has 0 N–H and O–H groups in total. The van der Waals surface area contributed by atoms with Crippen LogP contribution in [0.2, 0.25) is 0 Å². The van der Waals surface area contributed by atoms with Crippen LogP contribution >= 0.6 is 11.6 Å². The molecule has 3 nitrogen and oxygen atoms in total. The molecule has 0 unspecified atom stereocenters. The third kappa shape index (κ3) is 19.7. The Balaban J connectivity index is 2.92. The van der Waals surface area contributed by atoms with E-state index in [-0.39, 0.29) is 0 Å². The zero-order valence-electron chi connectivity index (χ0n) is 13.5. The Hall–Kier alpha value is -0.300. The van der Waals surface area contributed by atoms with Crippen LogP contribution in [0.25, 0.3) is 0 Å². The van der Waals surface area contributed by atoms with Gasteiger partial charge < -0.3 is 9.47 Å². The van der Waals surface area contributed by atoms with Crippen molar-refractivity contribution in [2.75, 3.05) is 32.3 Å². The molecule has 0 aromatic carbocycles.